The van der Waals surface area contributed by atoms with Crippen LogP contribution in [0.15, 0.2) is 16.6 Å². The Bertz CT molecular complexity index is 344. The maximum Gasteiger partial charge on any atom is 0.139 e. The summed E-state index contributed by atoms with van der Waals surface area (Å²) in [5, 5.41) is 1.11. The first kappa shape index (κ1) is 13.4. The first-order chi connectivity index (χ1) is 7.04. The average Bonchev–Trinajstić information content (AvgIpc) is 2.21. The van der Waals surface area contributed by atoms with Crippen molar-refractivity contribution < 1.29 is 4.74 Å². The van der Waals surface area contributed by atoms with E-state index in [0.717, 1.165) is 4.47 Å². The molecular weight excluding hydrogens is 322 g/mol. The van der Waals surface area contributed by atoms with Crippen molar-refractivity contribution in [3.63, 3.8) is 0 Å². The molecule has 84 valence electrons. The van der Waals surface area contributed by atoms with Crippen molar-refractivity contribution >= 4 is 50.7 Å². The van der Waals surface area contributed by atoms with Gasteiger partial charge in [0.25, 0.3) is 0 Å². The molecule has 15 heavy (non-hydrogen) atoms. The molecule has 1 unspecified atom stereocenters. The number of rotatable bonds is 4. The fourth-order valence-electron chi connectivity index (χ4n) is 0.892. The van der Waals surface area contributed by atoms with Gasteiger partial charge in [0.2, 0.25) is 0 Å². The van der Waals surface area contributed by atoms with E-state index in [2.05, 4.69) is 15.9 Å². The van der Waals surface area contributed by atoms with Gasteiger partial charge in [-0.25, -0.2) is 0 Å². The lowest BCUT2D eigenvalue weighted by Gasteiger charge is -2.12. The Morgan fingerprint density at radius 1 is 1.33 bits per heavy atom. The van der Waals surface area contributed by atoms with Gasteiger partial charge in [-0.2, -0.15) is 0 Å². The molecule has 1 rings (SSSR count). The predicted octanol–water partition coefficient (Wildman–Crippen LogP) is 5.01. The van der Waals surface area contributed by atoms with Crippen LogP contribution < -0.4 is 4.74 Å². The van der Waals surface area contributed by atoms with E-state index >= 15 is 0 Å². The average molecular weight is 332 g/mol. The van der Waals surface area contributed by atoms with E-state index < -0.39 is 0 Å². The summed E-state index contributed by atoms with van der Waals surface area (Å²) in [6.07, 6.45) is 0. The zero-order chi connectivity index (χ0) is 11.4. The Morgan fingerprint density at radius 3 is 2.60 bits per heavy atom. The minimum absolute atomic E-state index is 0.283. The van der Waals surface area contributed by atoms with Gasteiger partial charge in [-0.05, 0) is 22.0 Å². The van der Waals surface area contributed by atoms with Crippen molar-refractivity contribution in [2.75, 3.05) is 12.5 Å². The molecule has 1 aromatic rings. The lowest BCUT2D eigenvalue weighted by molar-refractivity contribution is 0.273. The summed E-state index contributed by atoms with van der Waals surface area (Å²) in [5.41, 5.74) is 0. The number of hydrogen-bond acceptors (Lipinski definition) is 1. The van der Waals surface area contributed by atoms with Crippen LogP contribution in [0.4, 0.5) is 0 Å². The Hall–Kier alpha value is 0.370. The van der Waals surface area contributed by atoms with Crippen molar-refractivity contribution in [3.05, 3.63) is 26.7 Å². The van der Waals surface area contributed by atoms with Crippen molar-refractivity contribution in [1.29, 1.82) is 0 Å². The highest BCUT2D eigenvalue weighted by Crippen LogP contribution is 2.34. The van der Waals surface area contributed by atoms with Crippen LogP contribution in [0, 0.1) is 5.92 Å². The molecule has 0 bridgehead atoms. The maximum atomic E-state index is 5.98. The molecule has 0 aliphatic heterocycles. The molecule has 1 atom stereocenters. The fourth-order valence-corrected chi connectivity index (χ4v) is 1.83. The van der Waals surface area contributed by atoms with Gasteiger partial charge in [-0.1, -0.05) is 30.1 Å². The summed E-state index contributed by atoms with van der Waals surface area (Å²) in [6.45, 7) is 2.53. The molecule has 1 aromatic carbocycles. The number of ether oxygens (including phenoxy) is 1. The van der Waals surface area contributed by atoms with Crippen molar-refractivity contribution in [2.45, 2.75) is 6.92 Å². The van der Waals surface area contributed by atoms with Crippen molar-refractivity contribution in [3.8, 4) is 5.75 Å². The molecule has 0 saturated heterocycles. The molecule has 0 aliphatic rings. The van der Waals surface area contributed by atoms with E-state index in [4.69, 9.17) is 39.5 Å². The Morgan fingerprint density at radius 2 is 2.00 bits per heavy atom. The summed E-state index contributed by atoms with van der Waals surface area (Å²) in [6, 6.07) is 3.40. The van der Waals surface area contributed by atoms with Gasteiger partial charge in [0, 0.05) is 22.3 Å². The standard InChI is InChI=1S/C10H10BrCl3O/c1-6(4-12)5-15-10-3-8(13)7(11)2-9(10)14/h2-3,6H,4-5H2,1H3. The van der Waals surface area contributed by atoms with E-state index in [1.807, 2.05) is 6.92 Å². The third kappa shape index (κ3) is 4.03. The van der Waals surface area contributed by atoms with E-state index in [1.165, 1.54) is 0 Å². The van der Waals surface area contributed by atoms with Crippen LogP contribution in [0.25, 0.3) is 0 Å². The van der Waals surface area contributed by atoms with Crippen LogP contribution in [0.1, 0.15) is 6.92 Å². The molecule has 0 N–H and O–H groups in total. The Balaban J connectivity index is 2.73. The van der Waals surface area contributed by atoms with Gasteiger partial charge in [-0.3, -0.25) is 0 Å². The lowest BCUT2D eigenvalue weighted by atomic mass is 10.2. The zero-order valence-electron chi connectivity index (χ0n) is 8.07. The maximum absolute atomic E-state index is 5.98. The number of hydrogen-bond donors (Lipinski definition) is 0. The number of benzene rings is 1. The lowest BCUT2D eigenvalue weighted by Crippen LogP contribution is -2.09. The molecule has 0 amide bonds. The fraction of sp³-hybridized carbons (Fsp3) is 0.400. The SMILES string of the molecule is CC(CCl)COc1cc(Cl)c(Br)cc1Cl. The molecule has 0 fully saturated rings. The first-order valence-corrected chi connectivity index (χ1v) is 6.46. The van der Waals surface area contributed by atoms with Crippen molar-refractivity contribution in [2.24, 2.45) is 5.92 Å². The normalized spacial score (nSPS) is 12.6. The highest BCUT2D eigenvalue weighted by atomic mass is 79.9. The van der Waals surface area contributed by atoms with E-state index in [0.29, 0.717) is 28.3 Å². The van der Waals surface area contributed by atoms with Gasteiger partial charge in [-0.15, -0.1) is 11.6 Å². The minimum Gasteiger partial charge on any atom is -0.492 e. The first-order valence-electron chi connectivity index (χ1n) is 4.38. The zero-order valence-corrected chi connectivity index (χ0v) is 11.9. The second-order valence-electron chi connectivity index (χ2n) is 3.27. The van der Waals surface area contributed by atoms with Crippen LogP contribution in [-0.2, 0) is 0 Å². The molecule has 0 spiro atoms. The minimum atomic E-state index is 0.283. The third-order valence-corrected chi connectivity index (χ3v) is 3.78. The second-order valence-corrected chi connectivity index (χ2v) is 5.24. The van der Waals surface area contributed by atoms with Crippen LogP contribution >= 0.6 is 50.7 Å². The Labute approximate surface area is 113 Å². The van der Waals surface area contributed by atoms with Gasteiger partial charge >= 0.3 is 0 Å². The molecule has 0 aliphatic carbocycles. The third-order valence-electron chi connectivity index (χ3n) is 1.76. The van der Waals surface area contributed by atoms with E-state index in [1.54, 1.807) is 12.1 Å². The summed E-state index contributed by atoms with van der Waals surface area (Å²) in [5.74, 6) is 1.43. The quantitative estimate of drug-likeness (QED) is 0.556. The molecule has 0 heterocycles. The Kier molecular flexibility index (Phi) is 5.54. The molecule has 5 heteroatoms. The smallest absolute Gasteiger partial charge is 0.139 e. The summed E-state index contributed by atoms with van der Waals surface area (Å²) in [4.78, 5) is 0. The van der Waals surface area contributed by atoms with Gasteiger partial charge < -0.3 is 4.74 Å². The highest BCUT2D eigenvalue weighted by molar-refractivity contribution is 9.10. The largest absolute Gasteiger partial charge is 0.492 e. The number of alkyl halides is 1. The summed E-state index contributed by atoms with van der Waals surface area (Å²) in [7, 11) is 0. The van der Waals surface area contributed by atoms with Crippen LogP contribution in [-0.4, -0.2) is 12.5 Å². The van der Waals surface area contributed by atoms with Gasteiger partial charge in [0.05, 0.1) is 16.7 Å². The van der Waals surface area contributed by atoms with Crippen LogP contribution in [0.5, 0.6) is 5.75 Å². The highest BCUT2D eigenvalue weighted by Gasteiger charge is 2.08. The number of halogens is 4. The molecular formula is C10H10BrCl3O. The van der Waals surface area contributed by atoms with Gasteiger partial charge in [0.15, 0.2) is 0 Å². The molecule has 1 nitrogen and oxygen atoms in total. The monoisotopic (exact) mass is 330 g/mol. The van der Waals surface area contributed by atoms with Crippen molar-refractivity contribution in [1.82, 2.24) is 0 Å². The summed E-state index contributed by atoms with van der Waals surface area (Å²) < 4.78 is 6.26. The molecule has 0 aromatic heterocycles. The van der Waals surface area contributed by atoms with Crippen LogP contribution in [0.2, 0.25) is 10.0 Å². The van der Waals surface area contributed by atoms with Gasteiger partial charge in [0.1, 0.15) is 5.75 Å². The second kappa shape index (κ2) is 6.19. The van der Waals surface area contributed by atoms with Crippen LogP contribution in [0.3, 0.4) is 0 Å². The predicted molar refractivity (Wildman–Crippen MR) is 69.5 cm³/mol. The van der Waals surface area contributed by atoms with E-state index in [9.17, 15) is 0 Å². The molecule has 0 radical (unpaired) electrons. The van der Waals surface area contributed by atoms with E-state index in [-0.39, 0.29) is 5.92 Å². The molecule has 0 saturated carbocycles. The summed E-state index contributed by atoms with van der Waals surface area (Å²) >= 11 is 20.9. The topological polar surface area (TPSA) is 9.23 Å².